The normalized spacial score (nSPS) is 12.8. The molecule has 0 bridgehead atoms. The fourth-order valence-electron chi connectivity index (χ4n) is 2.11. The van der Waals surface area contributed by atoms with Crippen molar-refractivity contribution >= 4 is 28.2 Å². The van der Waals surface area contributed by atoms with Gasteiger partial charge < -0.3 is 14.6 Å². The summed E-state index contributed by atoms with van der Waals surface area (Å²) in [6.45, 7) is 9.36. The largest absolute Gasteiger partial charge is 0.467 e. The van der Waals surface area contributed by atoms with Gasteiger partial charge in [-0.2, -0.15) is 0 Å². The van der Waals surface area contributed by atoms with E-state index in [4.69, 9.17) is 4.42 Å². The molecule has 0 spiro atoms. The van der Waals surface area contributed by atoms with Crippen molar-refractivity contribution in [2.75, 3.05) is 12.4 Å². The molecule has 24 heavy (non-hydrogen) atoms. The lowest BCUT2D eigenvalue weighted by Gasteiger charge is -2.23. The van der Waals surface area contributed by atoms with Gasteiger partial charge in [0.1, 0.15) is 5.76 Å². The first-order valence-corrected chi connectivity index (χ1v) is 8.65. The maximum absolute atomic E-state index is 12.8. The van der Waals surface area contributed by atoms with Gasteiger partial charge in [0.25, 0.3) is 5.91 Å². The van der Waals surface area contributed by atoms with Crippen LogP contribution in [-0.2, 0) is 4.79 Å². The number of thiophene rings is 1. The van der Waals surface area contributed by atoms with Crippen molar-refractivity contribution in [2.45, 2.75) is 40.7 Å². The zero-order chi connectivity index (χ0) is 18.1. The Balaban J connectivity index is 2.17. The van der Waals surface area contributed by atoms with Gasteiger partial charge in [0.15, 0.2) is 0 Å². The summed E-state index contributed by atoms with van der Waals surface area (Å²) in [5, 5.41) is 3.57. The molecule has 1 atom stereocenters. The molecule has 0 aliphatic rings. The summed E-state index contributed by atoms with van der Waals surface area (Å²) in [6.07, 6.45) is 1.60. The lowest BCUT2D eigenvalue weighted by atomic mass is 9.96. The lowest BCUT2D eigenvalue weighted by Crippen LogP contribution is -2.29. The van der Waals surface area contributed by atoms with Crippen LogP contribution in [0.3, 0.4) is 0 Å². The highest BCUT2D eigenvalue weighted by Gasteiger charge is 2.26. The van der Waals surface area contributed by atoms with Crippen molar-refractivity contribution in [3.05, 3.63) is 40.7 Å². The van der Waals surface area contributed by atoms with Crippen LogP contribution in [0.5, 0.6) is 0 Å². The fraction of sp³-hybridized carbons (Fsp3) is 0.444. The summed E-state index contributed by atoms with van der Waals surface area (Å²) in [6, 6.07) is 5.33. The molecule has 2 heterocycles. The predicted molar refractivity (Wildman–Crippen MR) is 96.4 cm³/mol. The molecule has 0 aliphatic heterocycles. The maximum atomic E-state index is 12.8. The van der Waals surface area contributed by atoms with E-state index in [-0.39, 0.29) is 17.9 Å². The van der Waals surface area contributed by atoms with Crippen LogP contribution in [0.4, 0.5) is 5.00 Å². The van der Waals surface area contributed by atoms with E-state index in [9.17, 15) is 9.59 Å². The van der Waals surface area contributed by atoms with Crippen LogP contribution >= 0.6 is 11.3 Å². The number of carbonyl (C=O) groups excluding carboxylic acids is 2. The molecular formula is C18H24N2O3S. The van der Waals surface area contributed by atoms with Gasteiger partial charge in [-0.05, 0) is 37.6 Å². The quantitative estimate of drug-likeness (QED) is 0.887. The van der Waals surface area contributed by atoms with Gasteiger partial charge in [-0.3, -0.25) is 9.59 Å². The molecule has 2 aromatic heterocycles. The zero-order valence-electron chi connectivity index (χ0n) is 15.0. The Hall–Kier alpha value is -2.08. The maximum Gasteiger partial charge on any atom is 0.264 e. The second kappa shape index (κ2) is 6.81. The van der Waals surface area contributed by atoms with Crippen LogP contribution in [0.1, 0.15) is 54.7 Å². The first-order chi connectivity index (χ1) is 11.1. The minimum Gasteiger partial charge on any atom is -0.467 e. The van der Waals surface area contributed by atoms with Crippen LogP contribution < -0.4 is 5.32 Å². The number of nitrogens with zero attached hydrogens (tertiary/aromatic N) is 1. The summed E-state index contributed by atoms with van der Waals surface area (Å²) in [7, 11) is 1.75. The second-order valence-electron chi connectivity index (χ2n) is 6.93. The van der Waals surface area contributed by atoms with Crippen molar-refractivity contribution in [1.29, 1.82) is 0 Å². The molecule has 0 radical (unpaired) electrons. The molecule has 1 N–H and O–H groups in total. The lowest BCUT2D eigenvalue weighted by molar-refractivity contribution is -0.123. The van der Waals surface area contributed by atoms with Gasteiger partial charge >= 0.3 is 0 Å². The van der Waals surface area contributed by atoms with E-state index in [1.807, 2.05) is 46.8 Å². The Kier molecular flexibility index (Phi) is 5.18. The average Bonchev–Trinajstić information content (AvgIpc) is 3.13. The van der Waals surface area contributed by atoms with Crippen molar-refractivity contribution in [3.8, 4) is 0 Å². The third-order valence-corrected chi connectivity index (χ3v) is 5.03. The summed E-state index contributed by atoms with van der Waals surface area (Å²) < 4.78 is 5.38. The van der Waals surface area contributed by atoms with Crippen LogP contribution in [0.2, 0.25) is 0 Å². The molecule has 0 saturated heterocycles. The van der Waals surface area contributed by atoms with E-state index in [1.165, 1.54) is 11.3 Å². The van der Waals surface area contributed by atoms with Crippen LogP contribution in [0, 0.1) is 12.3 Å². The molecule has 0 aliphatic carbocycles. The van der Waals surface area contributed by atoms with Crippen LogP contribution in [-0.4, -0.2) is 23.8 Å². The molecular weight excluding hydrogens is 324 g/mol. The van der Waals surface area contributed by atoms with Crippen LogP contribution in [0.15, 0.2) is 28.9 Å². The van der Waals surface area contributed by atoms with Gasteiger partial charge in [0.2, 0.25) is 5.91 Å². The molecule has 130 valence electrons. The molecule has 2 rings (SSSR count). The van der Waals surface area contributed by atoms with Crippen molar-refractivity contribution < 1.29 is 14.0 Å². The highest BCUT2D eigenvalue weighted by Crippen LogP contribution is 2.31. The Labute approximate surface area is 146 Å². The highest BCUT2D eigenvalue weighted by molar-refractivity contribution is 7.18. The molecule has 0 aromatic carbocycles. The van der Waals surface area contributed by atoms with Gasteiger partial charge in [-0.1, -0.05) is 20.8 Å². The average molecular weight is 348 g/mol. The molecule has 2 aromatic rings. The first kappa shape index (κ1) is 18.3. The van der Waals surface area contributed by atoms with Crippen LogP contribution in [0.25, 0.3) is 0 Å². The van der Waals surface area contributed by atoms with Crippen molar-refractivity contribution in [1.82, 2.24) is 4.90 Å². The summed E-state index contributed by atoms with van der Waals surface area (Å²) >= 11 is 1.30. The number of aryl methyl sites for hydroxylation is 1. The Morgan fingerprint density at radius 3 is 2.54 bits per heavy atom. The number of rotatable bonds is 4. The number of nitrogens with one attached hydrogen (secondary N) is 1. The monoisotopic (exact) mass is 348 g/mol. The smallest absolute Gasteiger partial charge is 0.264 e. The number of hydrogen-bond donors (Lipinski definition) is 1. The van der Waals surface area contributed by atoms with E-state index >= 15 is 0 Å². The minimum absolute atomic E-state index is 0.0694. The predicted octanol–water partition coefficient (Wildman–Crippen LogP) is 4.47. The van der Waals surface area contributed by atoms with Gasteiger partial charge in [0, 0.05) is 12.5 Å². The van der Waals surface area contributed by atoms with E-state index in [1.54, 1.807) is 24.3 Å². The number of carbonyl (C=O) groups is 2. The van der Waals surface area contributed by atoms with E-state index in [0.29, 0.717) is 9.88 Å². The topological polar surface area (TPSA) is 62.6 Å². The Morgan fingerprint density at radius 1 is 1.33 bits per heavy atom. The molecule has 5 nitrogen and oxygen atoms in total. The molecule has 0 saturated carbocycles. The first-order valence-electron chi connectivity index (χ1n) is 7.83. The zero-order valence-corrected chi connectivity index (χ0v) is 15.8. The standard InChI is InChI=1S/C18H24N2O3S/c1-11-10-14(19-17(22)18(3,4)5)24-15(11)16(21)20(6)12(2)13-8-7-9-23-13/h7-10,12H,1-6H3,(H,19,22). The van der Waals surface area contributed by atoms with E-state index in [0.717, 1.165) is 11.3 Å². The Morgan fingerprint density at radius 2 is 2.00 bits per heavy atom. The molecule has 2 amide bonds. The number of amides is 2. The summed E-state index contributed by atoms with van der Waals surface area (Å²) in [4.78, 5) is 27.2. The second-order valence-corrected chi connectivity index (χ2v) is 7.99. The molecule has 6 heteroatoms. The molecule has 0 fully saturated rings. The molecule has 1 unspecified atom stereocenters. The van der Waals surface area contributed by atoms with Crippen molar-refractivity contribution in [3.63, 3.8) is 0 Å². The third-order valence-electron chi connectivity index (χ3n) is 3.89. The number of furan rings is 1. The number of hydrogen-bond acceptors (Lipinski definition) is 4. The van der Waals surface area contributed by atoms with Gasteiger partial charge in [-0.15, -0.1) is 11.3 Å². The summed E-state index contributed by atoms with van der Waals surface area (Å²) in [5.41, 5.74) is 0.375. The highest BCUT2D eigenvalue weighted by atomic mass is 32.1. The Bertz CT molecular complexity index is 726. The van der Waals surface area contributed by atoms with E-state index in [2.05, 4.69) is 5.32 Å². The third kappa shape index (κ3) is 3.87. The number of anilines is 1. The minimum atomic E-state index is -0.480. The van der Waals surface area contributed by atoms with Gasteiger partial charge in [-0.25, -0.2) is 0 Å². The van der Waals surface area contributed by atoms with E-state index < -0.39 is 5.41 Å². The SMILES string of the molecule is Cc1cc(NC(=O)C(C)(C)C)sc1C(=O)N(C)C(C)c1ccco1. The van der Waals surface area contributed by atoms with Gasteiger partial charge in [0.05, 0.1) is 22.2 Å². The fourth-order valence-corrected chi connectivity index (χ4v) is 3.16. The summed E-state index contributed by atoms with van der Waals surface area (Å²) in [5.74, 6) is 0.582. The van der Waals surface area contributed by atoms with Crippen molar-refractivity contribution in [2.24, 2.45) is 5.41 Å².